The summed E-state index contributed by atoms with van der Waals surface area (Å²) in [6, 6.07) is 10.3. The van der Waals surface area contributed by atoms with Crippen LogP contribution in [0.2, 0.25) is 0 Å². The van der Waals surface area contributed by atoms with Gasteiger partial charge in [-0.3, -0.25) is 4.79 Å². The largest absolute Gasteiger partial charge is 0.494 e. The Morgan fingerprint density at radius 2 is 1.89 bits per heavy atom. The van der Waals surface area contributed by atoms with Crippen molar-refractivity contribution in [3.63, 3.8) is 0 Å². The van der Waals surface area contributed by atoms with Gasteiger partial charge >= 0.3 is 5.97 Å². The number of hydrogen-bond donors (Lipinski definition) is 0. The maximum atomic E-state index is 11.1. The van der Waals surface area contributed by atoms with E-state index in [-0.39, 0.29) is 11.4 Å². The zero-order chi connectivity index (χ0) is 19.4. The van der Waals surface area contributed by atoms with Crippen molar-refractivity contribution in [2.75, 3.05) is 13.7 Å². The van der Waals surface area contributed by atoms with E-state index in [4.69, 9.17) is 4.74 Å². The Labute approximate surface area is 160 Å². The first kappa shape index (κ1) is 19.1. The van der Waals surface area contributed by atoms with Crippen LogP contribution in [-0.2, 0) is 21.4 Å². The van der Waals surface area contributed by atoms with Gasteiger partial charge in [0, 0.05) is 29.3 Å². The molecule has 2 aromatic rings. The van der Waals surface area contributed by atoms with Crippen molar-refractivity contribution in [1.82, 2.24) is 4.98 Å². The lowest BCUT2D eigenvalue weighted by atomic mass is 9.82. The van der Waals surface area contributed by atoms with Crippen LogP contribution in [0.15, 0.2) is 41.5 Å². The molecule has 27 heavy (non-hydrogen) atoms. The van der Waals surface area contributed by atoms with Crippen LogP contribution < -0.4 is 4.74 Å². The van der Waals surface area contributed by atoms with E-state index in [1.165, 1.54) is 23.8 Å². The summed E-state index contributed by atoms with van der Waals surface area (Å²) in [7, 11) is 1.40. The number of ether oxygens (including phenoxy) is 2. The SMILES string of the molecule is COC(=O)CCCOc1ccc(Cc2cnc3c(c2)C(C)(C)C(C)=N3)cc1. The fourth-order valence-corrected chi connectivity index (χ4v) is 3.09. The first-order valence-electron chi connectivity index (χ1n) is 9.24. The highest BCUT2D eigenvalue weighted by molar-refractivity contribution is 5.98. The number of pyridine rings is 1. The molecule has 142 valence electrons. The second-order valence-electron chi connectivity index (χ2n) is 7.39. The molecule has 0 amide bonds. The van der Waals surface area contributed by atoms with E-state index >= 15 is 0 Å². The number of rotatable bonds is 7. The van der Waals surface area contributed by atoms with Crippen LogP contribution in [0.5, 0.6) is 5.75 Å². The molecule has 0 saturated carbocycles. The maximum Gasteiger partial charge on any atom is 0.305 e. The van der Waals surface area contributed by atoms with Gasteiger partial charge < -0.3 is 9.47 Å². The molecule has 0 saturated heterocycles. The summed E-state index contributed by atoms with van der Waals surface area (Å²) in [5.74, 6) is 1.44. The molecule has 0 atom stereocenters. The molecule has 1 aliphatic heterocycles. The third-order valence-electron chi connectivity index (χ3n) is 5.13. The molecule has 1 aromatic heterocycles. The lowest BCUT2D eigenvalue weighted by Crippen LogP contribution is -2.22. The second-order valence-corrected chi connectivity index (χ2v) is 7.39. The van der Waals surface area contributed by atoms with Gasteiger partial charge in [0.15, 0.2) is 5.82 Å². The number of fused-ring (bicyclic) bond motifs is 1. The third kappa shape index (κ3) is 4.35. The molecule has 5 heteroatoms. The van der Waals surface area contributed by atoms with Crippen molar-refractivity contribution in [2.45, 2.75) is 45.4 Å². The Hall–Kier alpha value is -2.69. The minimum Gasteiger partial charge on any atom is -0.494 e. The summed E-state index contributed by atoms with van der Waals surface area (Å²) in [4.78, 5) is 20.2. The van der Waals surface area contributed by atoms with Crippen molar-refractivity contribution in [3.8, 4) is 5.75 Å². The highest BCUT2D eigenvalue weighted by Crippen LogP contribution is 2.38. The molecule has 0 N–H and O–H groups in total. The van der Waals surface area contributed by atoms with Crippen molar-refractivity contribution in [2.24, 2.45) is 4.99 Å². The van der Waals surface area contributed by atoms with Gasteiger partial charge in [0.25, 0.3) is 0 Å². The Morgan fingerprint density at radius 1 is 1.15 bits per heavy atom. The average molecular weight is 366 g/mol. The van der Waals surface area contributed by atoms with Gasteiger partial charge in [-0.2, -0.15) is 0 Å². The van der Waals surface area contributed by atoms with Crippen LogP contribution in [0.1, 0.15) is 50.3 Å². The van der Waals surface area contributed by atoms with Gasteiger partial charge in [-0.05, 0) is 49.1 Å². The number of hydrogen-bond acceptors (Lipinski definition) is 5. The van der Waals surface area contributed by atoms with Crippen LogP contribution in [0.4, 0.5) is 5.82 Å². The molecule has 0 bridgehead atoms. The van der Waals surface area contributed by atoms with E-state index in [2.05, 4.69) is 53.7 Å². The molecule has 2 heterocycles. The molecule has 1 aromatic carbocycles. The number of carbonyl (C=O) groups excluding carboxylic acids is 1. The monoisotopic (exact) mass is 366 g/mol. The van der Waals surface area contributed by atoms with E-state index < -0.39 is 0 Å². The summed E-state index contributed by atoms with van der Waals surface area (Å²) in [5, 5.41) is 0. The standard InChI is InChI=1S/C22H26N2O3/c1-15-22(2,3)19-13-17(14-23-21(19)24-15)12-16-7-9-18(10-8-16)27-11-5-6-20(25)26-4/h7-10,13-14H,5-6,11-12H2,1-4H3. The highest BCUT2D eigenvalue weighted by atomic mass is 16.5. The summed E-state index contributed by atoms with van der Waals surface area (Å²) in [6.45, 7) is 6.94. The second kappa shape index (κ2) is 7.91. The Morgan fingerprint density at radius 3 is 2.59 bits per heavy atom. The minimum absolute atomic E-state index is 0.0553. The van der Waals surface area contributed by atoms with Crippen LogP contribution in [0.3, 0.4) is 0 Å². The van der Waals surface area contributed by atoms with Gasteiger partial charge in [0.05, 0.1) is 13.7 Å². The number of aliphatic imine (C=N–C) groups is 1. The van der Waals surface area contributed by atoms with E-state index in [0.717, 1.165) is 23.7 Å². The number of carbonyl (C=O) groups is 1. The summed E-state index contributed by atoms with van der Waals surface area (Å²) < 4.78 is 10.3. The number of esters is 1. The van der Waals surface area contributed by atoms with Crippen LogP contribution in [0.25, 0.3) is 0 Å². The molecule has 5 nitrogen and oxygen atoms in total. The van der Waals surface area contributed by atoms with Crippen LogP contribution in [0, 0.1) is 0 Å². The Kier molecular flexibility index (Phi) is 5.59. The molecule has 0 unspecified atom stereocenters. The van der Waals surface area contributed by atoms with E-state index in [9.17, 15) is 4.79 Å². The highest BCUT2D eigenvalue weighted by Gasteiger charge is 2.33. The number of nitrogens with zero attached hydrogens (tertiary/aromatic N) is 2. The molecular formula is C22H26N2O3. The van der Waals surface area contributed by atoms with Gasteiger partial charge in [-0.25, -0.2) is 9.98 Å². The molecule has 0 spiro atoms. The smallest absolute Gasteiger partial charge is 0.305 e. The van der Waals surface area contributed by atoms with Crippen LogP contribution in [-0.4, -0.2) is 30.4 Å². The fraction of sp³-hybridized carbons (Fsp3) is 0.409. The molecule has 3 rings (SSSR count). The van der Waals surface area contributed by atoms with E-state index in [0.29, 0.717) is 19.4 Å². The number of methoxy groups -OCH3 is 1. The average Bonchev–Trinajstić information content (AvgIpc) is 2.89. The van der Waals surface area contributed by atoms with Crippen LogP contribution >= 0.6 is 0 Å². The Bertz CT molecular complexity index is 854. The lowest BCUT2D eigenvalue weighted by molar-refractivity contribution is -0.140. The molecule has 0 fully saturated rings. The molecule has 1 aliphatic rings. The quantitative estimate of drug-likeness (QED) is 0.539. The first-order chi connectivity index (χ1) is 12.9. The lowest BCUT2D eigenvalue weighted by Gasteiger charge is -2.20. The number of aromatic nitrogens is 1. The summed E-state index contributed by atoms with van der Waals surface area (Å²) in [5.41, 5.74) is 4.63. The van der Waals surface area contributed by atoms with Crippen molar-refractivity contribution in [3.05, 3.63) is 53.2 Å². The third-order valence-corrected chi connectivity index (χ3v) is 5.13. The molecular weight excluding hydrogens is 340 g/mol. The van der Waals surface area contributed by atoms with Gasteiger partial charge in [-0.15, -0.1) is 0 Å². The predicted octanol–water partition coefficient (Wildman–Crippen LogP) is 4.39. The topological polar surface area (TPSA) is 60.8 Å². The molecule has 0 aliphatic carbocycles. The zero-order valence-electron chi connectivity index (χ0n) is 16.4. The first-order valence-corrected chi connectivity index (χ1v) is 9.24. The molecule has 0 radical (unpaired) electrons. The summed E-state index contributed by atoms with van der Waals surface area (Å²) >= 11 is 0. The fourth-order valence-electron chi connectivity index (χ4n) is 3.09. The van der Waals surface area contributed by atoms with Crippen molar-refractivity contribution in [1.29, 1.82) is 0 Å². The van der Waals surface area contributed by atoms with Crippen molar-refractivity contribution < 1.29 is 14.3 Å². The van der Waals surface area contributed by atoms with E-state index in [1.807, 2.05) is 18.3 Å². The van der Waals surface area contributed by atoms with Gasteiger partial charge in [0.2, 0.25) is 0 Å². The zero-order valence-corrected chi connectivity index (χ0v) is 16.4. The van der Waals surface area contributed by atoms with Crippen molar-refractivity contribution >= 4 is 17.5 Å². The van der Waals surface area contributed by atoms with Gasteiger partial charge in [0.1, 0.15) is 5.75 Å². The summed E-state index contributed by atoms with van der Waals surface area (Å²) in [6.07, 6.45) is 3.75. The normalized spacial score (nSPS) is 14.4. The van der Waals surface area contributed by atoms with Gasteiger partial charge in [-0.1, -0.05) is 26.0 Å². The maximum absolute atomic E-state index is 11.1. The predicted molar refractivity (Wildman–Crippen MR) is 106 cm³/mol. The Balaban J connectivity index is 1.58. The minimum atomic E-state index is -0.208. The van der Waals surface area contributed by atoms with E-state index in [1.54, 1.807) is 0 Å². The number of benzene rings is 1.